The summed E-state index contributed by atoms with van der Waals surface area (Å²) in [5.41, 5.74) is 0.739. The molecule has 2 rings (SSSR count). The van der Waals surface area contributed by atoms with Gasteiger partial charge in [0.2, 0.25) is 0 Å². The summed E-state index contributed by atoms with van der Waals surface area (Å²) in [4.78, 5) is 12.6. The molecule has 1 aromatic rings. The lowest BCUT2D eigenvalue weighted by molar-refractivity contribution is -0.149. The van der Waals surface area contributed by atoms with E-state index in [9.17, 15) is 18.0 Å². The van der Waals surface area contributed by atoms with Crippen LogP contribution in [0.4, 0.5) is 13.2 Å². The molecule has 0 radical (unpaired) electrons. The molecule has 0 aromatic heterocycles. The number of hydrogen-bond donors (Lipinski definition) is 0. The zero-order valence-electron chi connectivity index (χ0n) is 10.4. The van der Waals surface area contributed by atoms with E-state index in [1.807, 2.05) is 0 Å². The number of benzene rings is 1. The van der Waals surface area contributed by atoms with Gasteiger partial charge in [0.05, 0.1) is 6.61 Å². The zero-order valence-corrected chi connectivity index (χ0v) is 10.4. The predicted molar refractivity (Wildman–Crippen MR) is 62.2 cm³/mol. The molecule has 0 spiro atoms. The zero-order chi connectivity index (χ0) is 14.0. The third-order valence-corrected chi connectivity index (χ3v) is 3.00. The van der Waals surface area contributed by atoms with Crippen LogP contribution in [-0.4, -0.2) is 35.7 Å². The van der Waals surface area contributed by atoms with Crippen LogP contribution >= 0.6 is 0 Å². The molecule has 3 atom stereocenters. The van der Waals surface area contributed by atoms with Gasteiger partial charge in [0.15, 0.2) is 0 Å². The average Bonchev–Trinajstić information content (AvgIpc) is 3.05. The smallest absolute Gasteiger partial charge is 0.406 e. The molecule has 1 aliphatic rings. The maximum Gasteiger partial charge on any atom is 0.406 e. The molecule has 0 aliphatic carbocycles. The second-order valence-electron chi connectivity index (χ2n) is 4.34. The summed E-state index contributed by atoms with van der Waals surface area (Å²) in [5.74, 6) is -0.805. The number of carbonyl (C=O) groups excluding carboxylic acids is 1. The lowest BCUT2D eigenvalue weighted by Crippen LogP contribution is -2.24. The Morgan fingerprint density at radius 1 is 1.32 bits per heavy atom. The quantitative estimate of drug-likeness (QED) is 0.623. The van der Waals surface area contributed by atoms with Crippen molar-refractivity contribution in [3.05, 3.63) is 35.9 Å². The molecule has 6 heteroatoms. The van der Waals surface area contributed by atoms with Crippen LogP contribution in [0.1, 0.15) is 12.5 Å². The standard InChI is InChI=1S/C13H14F3NO2/c1-2-19-12(18)10-11(13(14,15)16)17(10)8-9-6-4-3-5-7-9/h3-7,10-11H,2,8H2,1H3/t10?,11-,17?/m0/s1. The highest BCUT2D eigenvalue weighted by molar-refractivity contribution is 5.80. The Bertz CT molecular complexity index is 447. The minimum Gasteiger partial charge on any atom is -0.465 e. The van der Waals surface area contributed by atoms with Crippen LogP contribution in [0.2, 0.25) is 0 Å². The van der Waals surface area contributed by atoms with Crippen LogP contribution < -0.4 is 0 Å². The Hall–Kier alpha value is -1.56. The lowest BCUT2D eigenvalue weighted by atomic mass is 10.2. The van der Waals surface area contributed by atoms with Gasteiger partial charge in [-0.25, -0.2) is 0 Å². The average molecular weight is 273 g/mol. The van der Waals surface area contributed by atoms with Crippen LogP contribution in [0.15, 0.2) is 30.3 Å². The first-order valence-corrected chi connectivity index (χ1v) is 5.98. The number of alkyl halides is 3. The number of ether oxygens (including phenoxy) is 1. The monoisotopic (exact) mass is 273 g/mol. The van der Waals surface area contributed by atoms with Gasteiger partial charge in [0.25, 0.3) is 0 Å². The van der Waals surface area contributed by atoms with Crippen molar-refractivity contribution in [1.82, 2.24) is 4.90 Å². The van der Waals surface area contributed by atoms with Crippen molar-refractivity contribution in [2.45, 2.75) is 31.7 Å². The molecular formula is C13H14F3NO2. The minimum absolute atomic E-state index is 0.0824. The highest BCUT2D eigenvalue weighted by Gasteiger charge is 2.66. The van der Waals surface area contributed by atoms with E-state index in [2.05, 4.69) is 4.74 Å². The van der Waals surface area contributed by atoms with Crippen LogP contribution in [0.5, 0.6) is 0 Å². The Kier molecular flexibility index (Phi) is 3.80. The Balaban J connectivity index is 2.08. The first kappa shape index (κ1) is 13.9. The van der Waals surface area contributed by atoms with Crippen LogP contribution in [0, 0.1) is 0 Å². The van der Waals surface area contributed by atoms with E-state index in [4.69, 9.17) is 0 Å². The molecule has 19 heavy (non-hydrogen) atoms. The second-order valence-corrected chi connectivity index (χ2v) is 4.34. The second kappa shape index (κ2) is 5.21. The molecule has 104 valence electrons. The van der Waals surface area contributed by atoms with Crippen molar-refractivity contribution in [2.24, 2.45) is 0 Å². The van der Waals surface area contributed by atoms with Gasteiger partial charge in [0.1, 0.15) is 12.1 Å². The summed E-state index contributed by atoms with van der Waals surface area (Å²) in [6, 6.07) is 5.81. The molecular weight excluding hydrogens is 259 g/mol. The summed E-state index contributed by atoms with van der Waals surface area (Å²) in [6.07, 6.45) is -4.41. The topological polar surface area (TPSA) is 29.3 Å². The normalized spacial score (nSPS) is 26.0. The fraction of sp³-hybridized carbons (Fsp3) is 0.462. The Labute approximate surface area is 109 Å². The van der Waals surface area contributed by atoms with Crippen molar-refractivity contribution in [3.63, 3.8) is 0 Å². The van der Waals surface area contributed by atoms with E-state index in [-0.39, 0.29) is 13.2 Å². The summed E-state index contributed by atoms with van der Waals surface area (Å²) in [7, 11) is 0. The lowest BCUT2D eigenvalue weighted by Gasteiger charge is -2.06. The van der Waals surface area contributed by atoms with Gasteiger partial charge in [-0.15, -0.1) is 0 Å². The summed E-state index contributed by atoms with van der Waals surface area (Å²) in [5, 5.41) is 0. The van der Waals surface area contributed by atoms with Crippen molar-refractivity contribution in [3.8, 4) is 0 Å². The van der Waals surface area contributed by atoms with E-state index in [1.54, 1.807) is 37.3 Å². The third kappa shape index (κ3) is 3.07. The Morgan fingerprint density at radius 2 is 1.95 bits per heavy atom. The van der Waals surface area contributed by atoms with E-state index >= 15 is 0 Å². The number of nitrogens with zero attached hydrogens (tertiary/aromatic N) is 1. The fourth-order valence-corrected chi connectivity index (χ4v) is 2.13. The highest BCUT2D eigenvalue weighted by atomic mass is 19.4. The number of rotatable bonds is 4. The van der Waals surface area contributed by atoms with Crippen molar-refractivity contribution in [1.29, 1.82) is 0 Å². The van der Waals surface area contributed by atoms with Crippen LogP contribution in [0.25, 0.3) is 0 Å². The van der Waals surface area contributed by atoms with E-state index in [0.717, 1.165) is 10.5 Å². The van der Waals surface area contributed by atoms with Crippen molar-refractivity contribution >= 4 is 5.97 Å². The van der Waals surface area contributed by atoms with Gasteiger partial charge in [-0.05, 0) is 12.5 Å². The first-order chi connectivity index (χ1) is 8.95. The van der Waals surface area contributed by atoms with Crippen LogP contribution in [-0.2, 0) is 16.1 Å². The summed E-state index contributed by atoms with van der Waals surface area (Å²) in [6.45, 7) is 1.75. The third-order valence-electron chi connectivity index (χ3n) is 3.00. The first-order valence-electron chi connectivity index (χ1n) is 5.98. The van der Waals surface area contributed by atoms with E-state index in [1.165, 1.54) is 0 Å². The maximum absolute atomic E-state index is 12.8. The molecule has 1 aliphatic heterocycles. The number of carbonyl (C=O) groups is 1. The minimum atomic E-state index is -4.41. The van der Waals surface area contributed by atoms with Crippen molar-refractivity contribution in [2.75, 3.05) is 6.61 Å². The molecule has 0 N–H and O–H groups in total. The maximum atomic E-state index is 12.8. The van der Waals surface area contributed by atoms with Gasteiger partial charge in [-0.2, -0.15) is 13.2 Å². The van der Waals surface area contributed by atoms with E-state index in [0.29, 0.717) is 0 Å². The van der Waals surface area contributed by atoms with Gasteiger partial charge < -0.3 is 4.74 Å². The molecule has 0 saturated carbocycles. The molecule has 0 amide bonds. The van der Waals surface area contributed by atoms with Gasteiger partial charge in [-0.1, -0.05) is 30.3 Å². The SMILES string of the molecule is CCOC(=O)C1[C@@H](C(F)(F)F)N1Cc1ccccc1. The molecule has 0 bridgehead atoms. The summed E-state index contributed by atoms with van der Waals surface area (Å²) >= 11 is 0. The number of halogens is 3. The number of esters is 1. The van der Waals surface area contributed by atoms with E-state index < -0.39 is 24.2 Å². The van der Waals surface area contributed by atoms with Crippen molar-refractivity contribution < 1.29 is 22.7 Å². The molecule has 1 fully saturated rings. The van der Waals surface area contributed by atoms with Gasteiger partial charge >= 0.3 is 12.1 Å². The largest absolute Gasteiger partial charge is 0.465 e. The molecule has 2 unspecified atom stereocenters. The van der Waals surface area contributed by atoms with Crippen LogP contribution in [0.3, 0.4) is 0 Å². The van der Waals surface area contributed by atoms with Gasteiger partial charge in [0, 0.05) is 6.54 Å². The summed E-state index contributed by atoms with van der Waals surface area (Å²) < 4.78 is 43.1. The number of hydrogen-bond acceptors (Lipinski definition) is 3. The molecule has 1 heterocycles. The molecule has 1 saturated heterocycles. The molecule has 3 nitrogen and oxygen atoms in total. The van der Waals surface area contributed by atoms with Gasteiger partial charge in [-0.3, -0.25) is 9.69 Å². The Morgan fingerprint density at radius 3 is 2.47 bits per heavy atom. The molecule has 1 aromatic carbocycles. The fourth-order valence-electron chi connectivity index (χ4n) is 2.13. The highest BCUT2D eigenvalue weighted by Crippen LogP contribution is 2.42. The predicted octanol–water partition coefficient (Wildman–Crippen LogP) is 2.36.